The van der Waals surface area contributed by atoms with E-state index in [4.69, 9.17) is 11.6 Å². The van der Waals surface area contributed by atoms with Gasteiger partial charge in [-0.2, -0.15) is 0 Å². The van der Waals surface area contributed by atoms with Crippen LogP contribution in [0.1, 0.15) is 4.88 Å². The summed E-state index contributed by atoms with van der Waals surface area (Å²) < 4.78 is 0.899. The van der Waals surface area contributed by atoms with E-state index in [-0.39, 0.29) is 0 Å². The molecule has 0 saturated carbocycles. The molecule has 0 radical (unpaired) electrons. The van der Waals surface area contributed by atoms with Crippen molar-refractivity contribution in [2.24, 2.45) is 0 Å². The summed E-state index contributed by atoms with van der Waals surface area (Å²) >= 11 is 11.0. The second-order valence-corrected chi connectivity index (χ2v) is 5.09. The minimum absolute atomic E-state index is 0.712. The van der Waals surface area contributed by atoms with Gasteiger partial charge in [0.05, 0.1) is 27.2 Å². The van der Waals surface area contributed by atoms with Gasteiger partial charge in [-0.25, -0.2) is 0 Å². The maximum Gasteiger partial charge on any atom is 0.0794 e. The van der Waals surface area contributed by atoms with Crippen molar-refractivity contribution in [2.75, 3.05) is 5.32 Å². The lowest BCUT2D eigenvalue weighted by molar-refractivity contribution is 1.17. The molecule has 0 aliphatic carbocycles. The Hall–Kier alpha value is -0.580. The Morgan fingerprint density at radius 2 is 2.33 bits per heavy atom. The smallest absolute Gasteiger partial charge is 0.0794 e. The third kappa shape index (κ3) is 2.71. The van der Waals surface area contributed by atoms with E-state index in [0.29, 0.717) is 5.02 Å². The van der Waals surface area contributed by atoms with Crippen LogP contribution in [0.2, 0.25) is 5.02 Å². The first-order chi connectivity index (χ1) is 7.27. The second-order valence-electron chi connectivity index (χ2n) is 2.92. The van der Waals surface area contributed by atoms with Crippen molar-refractivity contribution in [1.82, 2.24) is 4.98 Å². The van der Waals surface area contributed by atoms with E-state index in [0.717, 1.165) is 16.7 Å². The predicted molar refractivity (Wildman–Crippen MR) is 68.6 cm³/mol. The number of anilines is 1. The van der Waals surface area contributed by atoms with E-state index in [9.17, 15) is 0 Å². The van der Waals surface area contributed by atoms with Crippen molar-refractivity contribution >= 4 is 44.6 Å². The van der Waals surface area contributed by atoms with Crippen molar-refractivity contribution in [3.05, 3.63) is 44.3 Å². The zero-order valence-electron chi connectivity index (χ0n) is 7.71. The lowest BCUT2D eigenvalue weighted by Crippen LogP contribution is -1.98. The van der Waals surface area contributed by atoms with Crippen LogP contribution in [0.4, 0.5) is 5.69 Å². The topological polar surface area (TPSA) is 24.9 Å². The molecule has 5 heteroatoms. The van der Waals surface area contributed by atoms with E-state index in [2.05, 4.69) is 26.2 Å². The Morgan fingerprint density at radius 1 is 1.47 bits per heavy atom. The summed E-state index contributed by atoms with van der Waals surface area (Å²) in [4.78, 5) is 5.21. The summed E-state index contributed by atoms with van der Waals surface area (Å²) in [5, 5.41) is 4.01. The number of benzene rings is 1. The van der Waals surface area contributed by atoms with E-state index in [1.165, 1.54) is 4.88 Å². The first kappa shape index (κ1) is 10.9. The number of aromatic nitrogens is 1. The van der Waals surface area contributed by atoms with Crippen LogP contribution in [0.3, 0.4) is 0 Å². The average Bonchev–Trinajstić information content (AvgIpc) is 2.73. The van der Waals surface area contributed by atoms with Crippen molar-refractivity contribution in [2.45, 2.75) is 6.54 Å². The van der Waals surface area contributed by atoms with Crippen LogP contribution in [0.15, 0.2) is 34.4 Å². The summed E-state index contributed by atoms with van der Waals surface area (Å²) in [6.07, 6.45) is 1.86. The van der Waals surface area contributed by atoms with Gasteiger partial charge in [-0.15, -0.1) is 11.3 Å². The van der Waals surface area contributed by atoms with E-state index in [1.807, 2.05) is 29.9 Å². The minimum Gasteiger partial charge on any atom is -0.379 e. The fraction of sp³-hybridized carbons (Fsp3) is 0.100. The molecule has 0 atom stereocenters. The molecule has 0 spiro atoms. The molecular weight excluding hydrogens is 296 g/mol. The summed E-state index contributed by atoms with van der Waals surface area (Å²) in [6.45, 7) is 0.767. The van der Waals surface area contributed by atoms with Gasteiger partial charge in [-0.1, -0.05) is 17.7 Å². The molecule has 1 aromatic heterocycles. The number of hydrogen-bond donors (Lipinski definition) is 1. The van der Waals surface area contributed by atoms with E-state index >= 15 is 0 Å². The van der Waals surface area contributed by atoms with Gasteiger partial charge >= 0.3 is 0 Å². The Balaban J connectivity index is 2.08. The predicted octanol–water partition coefficient (Wildman–Crippen LogP) is 4.17. The number of hydrogen-bond acceptors (Lipinski definition) is 3. The Kier molecular flexibility index (Phi) is 3.61. The van der Waals surface area contributed by atoms with Gasteiger partial charge < -0.3 is 5.32 Å². The molecule has 0 amide bonds. The summed E-state index contributed by atoms with van der Waals surface area (Å²) in [5.41, 5.74) is 2.82. The van der Waals surface area contributed by atoms with Gasteiger partial charge in [0, 0.05) is 11.1 Å². The third-order valence-electron chi connectivity index (χ3n) is 1.89. The molecule has 0 fully saturated rings. The first-order valence-corrected chi connectivity index (χ1v) is 6.37. The number of thiazole rings is 1. The van der Waals surface area contributed by atoms with Gasteiger partial charge in [0.25, 0.3) is 0 Å². The van der Waals surface area contributed by atoms with Gasteiger partial charge in [-0.05, 0) is 28.1 Å². The fourth-order valence-electron chi connectivity index (χ4n) is 1.15. The molecule has 2 rings (SSSR count). The molecule has 1 heterocycles. The highest BCUT2D eigenvalue weighted by Gasteiger charge is 2.03. The van der Waals surface area contributed by atoms with Crippen LogP contribution in [0, 0.1) is 0 Å². The summed E-state index contributed by atoms with van der Waals surface area (Å²) in [6, 6.07) is 5.75. The van der Waals surface area contributed by atoms with E-state index < -0.39 is 0 Å². The Labute approximate surface area is 105 Å². The van der Waals surface area contributed by atoms with Gasteiger partial charge in [0.1, 0.15) is 0 Å². The maximum absolute atomic E-state index is 5.98. The molecule has 15 heavy (non-hydrogen) atoms. The van der Waals surface area contributed by atoms with Crippen molar-refractivity contribution in [3.8, 4) is 0 Å². The van der Waals surface area contributed by atoms with Gasteiger partial charge in [0.2, 0.25) is 0 Å². The Bertz CT molecular complexity index is 445. The molecule has 0 aliphatic heterocycles. The van der Waals surface area contributed by atoms with Crippen LogP contribution < -0.4 is 5.32 Å². The molecule has 2 aromatic rings. The molecule has 0 aliphatic rings. The zero-order chi connectivity index (χ0) is 10.7. The van der Waals surface area contributed by atoms with Crippen LogP contribution in [-0.2, 0) is 6.54 Å². The van der Waals surface area contributed by atoms with Crippen molar-refractivity contribution < 1.29 is 0 Å². The SMILES string of the molecule is Clc1cccc(NCc2cncs2)c1Br. The lowest BCUT2D eigenvalue weighted by Gasteiger charge is -2.07. The normalized spacial score (nSPS) is 10.3. The minimum atomic E-state index is 0.712. The molecule has 1 N–H and O–H groups in total. The highest BCUT2D eigenvalue weighted by molar-refractivity contribution is 9.10. The van der Waals surface area contributed by atoms with Crippen molar-refractivity contribution in [1.29, 1.82) is 0 Å². The van der Waals surface area contributed by atoms with Crippen molar-refractivity contribution in [3.63, 3.8) is 0 Å². The second kappa shape index (κ2) is 4.96. The quantitative estimate of drug-likeness (QED) is 0.920. The monoisotopic (exact) mass is 302 g/mol. The van der Waals surface area contributed by atoms with Crippen LogP contribution >= 0.6 is 38.9 Å². The molecule has 0 saturated heterocycles. The number of halogens is 2. The molecule has 1 aromatic carbocycles. The molecular formula is C10H8BrClN2S. The molecule has 78 valence electrons. The van der Waals surface area contributed by atoms with Gasteiger partial charge in [-0.3, -0.25) is 4.98 Å². The maximum atomic E-state index is 5.98. The fourth-order valence-corrected chi connectivity index (χ4v) is 2.27. The summed E-state index contributed by atoms with van der Waals surface area (Å²) in [5.74, 6) is 0. The molecule has 2 nitrogen and oxygen atoms in total. The lowest BCUT2D eigenvalue weighted by atomic mass is 10.3. The highest BCUT2D eigenvalue weighted by atomic mass is 79.9. The largest absolute Gasteiger partial charge is 0.379 e. The van der Waals surface area contributed by atoms with Crippen LogP contribution in [0.5, 0.6) is 0 Å². The summed E-state index contributed by atoms with van der Waals surface area (Å²) in [7, 11) is 0. The number of rotatable bonds is 3. The Morgan fingerprint density at radius 3 is 3.07 bits per heavy atom. The third-order valence-corrected chi connectivity index (χ3v) is 4.07. The highest BCUT2D eigenvalue weighted by Crippen LogP contribution is 2.30. The average molecular weight is 304 g/mol. The number of nitrogens with one attached hydrogen (secondary N) is 1. The zero-order valence-corrected chi connectivity index (χ0v) is 10.9. The van der Waals surface area contributed by atoms with E-state index in [1.54, 1.807) is 11.3 Å². The van der Waals surface area contributed by atoms with Gasteiger partial charge in [0.15, 0.2) is 0 Å². The van der Waals surface area contributed by atoms with Crippen LogP contribution in [-0.4, -0.2) is 4.98 Å². The molecule has 0 unspecified atom stereocenters. The number of nitrogens with zero attached hydrogens (tertiary/aromatic N) is 1. The van der Waals surface area contributed by atoms with Crippen LogP contribution in [0.25, 0.3) is 0 Å². The molecule has 0 bridgehead atoms. The standard InChI is InChI=1S/C10H8BrClN2S/c11-10-8(12)2-1-3-9(10)14-5-7-4-13-6-15-7/h1-4,6,14H,5H2. The first-order valence-electron chi connectivity index (χ1n) is 4.32.